The molecule has 1 aromatic carbocycles. The number of sulfonamides is 1. The van der Waals surface area contributed by atoms with Crippen molar-refractivity contribution in [3.05, 3.63) is 40.6 Å². The molecule has 1 aromatic heterocycles. The van der Waals surface area contributed by atoms with E-state index in [0.717, 1.165) is 32.6 Å². The van der Waals surface area contributed by atoms with Crippen LogP contribution in [0, 0.1) is 10.1 Å². The van der Waals surface area contributed by atoms with Gasteiger partial charge in [0.2, 0.25) is 10.0 Å². The summed E-state index contributed by atoms with van der Waals surface area (Å²) in [6, 6.07) is 5.87. The van der Waals surface area contributed by atoms with Crippen LogP contribution < -0.4 is 5.32 Å². The molecule has 1 atom stereocenters. The number of hydrogen-bond acceptors (Lipinski definition) is 7. The third kappa shape index (κ3) is 3.29. The molecule has 144 valence electrons. The number of rotatable bonds is 4. The maximum atomic E-state index is 13.2. The average molecular weight is 391 g/mol. The quantitative estimate of drug-likeness (QED) is 0.607. The fourth-order valence-corrected chi connectivity index (χ4v) is 5.55. The fraction of sp³-hybridized carbons (Fsp3) is 0.471. The van der Waals surface area contributed by atoms with Crippen LogP contribution in [0.4, 0.5) is 5.69 Å². The second kappa shape index (κ2) is 7.12. The third-order valence-electron chi connectivity index (χ3n) is 5.32. The molecule has 1 N–H and O–H groups in total. The smallest absolute Gasteiger partial charge is 0.278 e. The zero-order chi connectivity index (χ0) is 19.0. The molecule has 10 heteroatoms. The molecule has 2 fully saturated rings. The summed E-state index contributed by atoms with van der Waals surface area (Å²) in [5.74, 6) is 0. The number of fused-ring (bicyclic) bond motifs is 1. The van der Waals surface area contributed by atoms with E-state index in [9.17, 15) is 18.5 Å². The van der Waals surface area contributed by atoms with Crippen LogP contribution in [0.3, 0.4) is 0 Å². The van der Waals surface area contributed by atoms with Crippen LogP contribution in [0.1, 0.15) is 6.42 Å². The maximum absolute atomic E-state index is 13.2. The number of benzene rings is 1. The topological polar surface area (TPSA) is 109 Å². The molecule has 0 radical (unpaired) electrons. The lowest BCUT2D eigenvalue weighted by Gasteiger charge is -2.32. The van der Waals surface area contributed by atoms with Gasteiger partial charge >= 0.3 is 0 Å². The standard InChI is InChI=1S/C17H21N5O4S/c23-22(24)15-3-4-16(17-14(15)2-1-6-19-17)27(25,26)21-9-5-13(12-21)20-10-7-18-8-11-20/h1-4,6,13,18H,5,7-12H2. The molecule has 27 heavy (non-hydrogen) atoms. The number of pyridine rings is 1. The van der Waals surface area contributed by atoms with Crippen molar-refractivity contribution in [3.63, 3.8) is 0 Å². The number of piperazine rings is 1. The maximum Gasteiger partial charge on any atom is 0.278 e. The van der Waals surface area contributed by atoms with E-state index in [1.54, 1.807) is 6.07 Å². The first kappa shape index (κ1) is 18.2. The Morgan fingerprint density at radius 1 is 1.19 bits per heavy atom. The summed E-state index contributed by atoms with van der Waals surface area (Å²) < 4.78 is 28.0. The summed E-state index contributed by atoms with van der Waals surface area (Å²) >= 11 is 0. The van der Waals surface area contributed by atoms with Gasteiger partial charge < -0.3 is 5.32 Å². The highest BCUT2D eigenvalue weighted by atomic mass is 32.2. The van der Waals surface area contributed by atoms with Crippen molar-refractivity contribution in [3.8, 4) is 0 Å². The number of aromatic nitrogens is 1. The fourth-order valence-electron chi connectivity index (χ4n) is 3.91. The molecule has 0 bridgehead atoms. The molecule has 0 aliphatic carbocycles. The molecule has 9 nitrogen and oxygen atoms in total. The predicted octanol–water partition coefficient (Wildman–Crippen LogP) is 0.811. The van der Waals surface area contributed by atoms with Gasteiger partial charge in [0, 0.05) is 57.6 Å². The van der Waals surface area contributed by atoms with Gasteiger partial charge in [0.05, 0.1) is 15.8 Å². The van der Waals surface area contributed by atoms with Gasteiger partial charge in [-0.15, -0.1) is 0 Å². The number of nitrogens with zero attached hydrogens (tertiary/aromatic N) is 4. The molecule has 2 aliphatic rings. The van der Waals surface area contributed by atoms with Crippen LogP contribution in [0.15, 0.2) is 35.4 Å². The van der Waals surface area contributed by atoms with Gasteiger partial charge in [-0.2, -0.15) is 4.31 Å². The molecule has 2 aromatic rings. The number of nitrogens with one attached hydrogen (secondary N) is 1. The minimum Gasteiger partial charge on any atom is -0.314 e. The van der Waals surface area contributed by atoms with Crippen LogP contribution in [0.2, 0.25) is 0 Å². The lowest BCUT2D eigenvalue weighted by atomic mass is 10.2. The van der Waals surface area contributed by atoms with Crippen molar-refractivity contribution in [2.75, 3.05) is 39.3 Å². The molecule has 3 heterocycles. The highest BCUT2D eigenvalue weighted by Crippen LogP contribution is 2.32. The van der Waals surface area contributed by atoms with Gasteiger partial charge in [-0.05, 0) is 24.6 Å². The zero-order valence-corrected chi connectivity index (χ0v) is 15.6. The summed E-state index contributed by atoms with van der Waals surface area (Å²) in [5.41, 5.74) is 0.00878. The normalized spacial score (nSPS) is 22.3. The van der Waals surface area contributed by atoms with Crippen LogP contribution in [0.25, 0.3) is 10.9 Å². The minimum absolute atomic E-state index is 0.0321. The number of non-ortho nitro benzene ring substituents is 1. The Morgan fingerprint density at radius 2 is 1.96 bits per heavy atom. The van der Waals surface area contributed by atoms with Crippen LogP contribution in [0.5, 0.6) is 0 Å². The first-order valence-corrected chi connectivity index (χ1v) is 10.4. The molecular formula is C17H21N5O4S. The first-order valence-electron chi connectivity index (χ1n) is 8.95. The molecule has 2 aliphatic heterocycles. The van der Waals surface area contributed by atoms with Gasteiger partial charge in [-0.1, -0.05) is 0 Å². The van der Waals surface area contributed by atoms with Crippen LogP contribution >= 0.6 is 0 Å². The van der Waals surface area contributed by atoms with Crippen molar-refractivity contribution in [1.82, 2.24) is 19.5 Å². The summed E-state index contributed by atoms with van der Waals surface area (Å²) in [6.07, 6.45) is 2.25. The van der Waals surface area contributed by atoms with Gasteiger partial charge in [0.1, 0.15) is 4.90 Å². The Labute approximate surface area is 157 Å². The van der Waals surface area contributed by atoms with E-state index in [1.807, 2.05) is 0 Å². The average Bonchev–Trinajstić information content (AvgIpc) is 3.19. The Kier molecular flexibility index (Phi) is 4.81. The van der Waals surface area contributed by atoms with E-state index in [1.165, 1.54) is 28.7 Å². The van der Waals surface area contributed by atoms with Crippen molar-refractivity contribution < 1.29 is 13.3 Å². The van der Waals surface area contributed by atoms with E-state index in [-0.39, 0.29) is 27.5 Å². The van der Waals surface area contributed by atoms with E-state index < -0.39 is 14.9 Å². The predicted molar refractivity (Wildman–Crippen MR) is 100 cm³/mol. The first-order chi connectivity index (χ1) is 13.0. The molecular weight excluding hydrogens is 370 g/mol. The van der Waals surface area contributed by atoms with E-state index in [4.69, 9.17) is 0 Å². The van der Waals surface area contributed by atoms with Crippen molar-refractivity contribution in [1.29, 1.82) is 0 Å². The Balaban J connectivity index is 1.67. The number of hydrogen-bond donors (Lipinski definition) is 1. The monoisotopic (exact) mass is 391 g/mol. The number of nitro benzene ring substituents is 1. The van der Waals surface area contributed by atoms with Crippen molar-refractivity contribution >= 4 is 26.6 Å². The zero-order valence-electron chi connectivity index (χ0n) is 14.7. The Bertz CT molecular complexity index is 974. The van der Waals surface area contributed by atoms with E-state index >= 15 is 0 Å². The molecule has 0 amide bonds. The molecule has 1 unspecified atom stereocenters. The molecule has 2 saturated heterocycles. The van der Waals surface area contributed by atoms with Gasteiger partial charge in [0.25, 0.3) is 5.69 Å². The summed E-state index contributed by atoms with van der Waals surface area (Å²) in [6.45, 7) is 4.55. The highest BCUT2D eigenvalue weighted by Gasteiger charge is 2.37. The molecule has 0 spiro atoms. The Hall–Kier alpha value is -2.14. The second-order valence-electron chi connectivity index (χ2n) is 6.83. The highest BCUT2D eigenvalue weighted by molar-refractivity contribution is 7.89. The van der Waals surface area contributed by atoms with Crippen molar-refractivity contribution in [2.45, 2.75) is 17.4 Å². The van der Waals surface area contributed by atoms with Gasteiger partial charge in [0.15, 0.2) is 0 Å². The second-order valence-corrected chi connectivity index (χ2v) is 8.74. The minimum atomic E-state index is -3.77. The molecule has 4 rings (SSSR count). The summed E-state index contributed by atoms with van der Waals surface area (Å²) in [5, 5.41) is 14.8. The lowest BCUT2D eigenvalue weighted by Crippen LogP contribution is -2.49. The van der Waals surface area contributed by atoms with Gasteiger partial charge in [-0.25, -0.2) is 8.42 Å². The van der Waals surface area contributed by atoms with Crippen LogP contribution in [-0.4, -0.2) is 72.8 Å². The lowest BCUT2D eigenvalue weighted by molar-refractivity contribution is -0.383. The third-order valence-corrected chi connectivity index (χ3v) is 7.21. The summed E-state index contributed by atoms with van der Waals surface area (Å²) in [4.78, 5) is 17.2. The van der Waals surface area contributed by atoms with E-state index in [2.05, 4.69) is 15.2 Å². The van der Waals surface area contributed by atoms with Crippen molar-refractivity contribution in [2.24, 2.45) is 0 Å². The SMILES string of the molecule is O=[N+]([O-])c1ccc(S(=O)(=O)N2CCC(N3CCNCC3)C2)c2ncccc12. The largest absolute Gasteiger partial charge is 0.314 e. The number of nitro groups is 1. The van der Waals surface area contributed by atoms with E-state index in [0.29, 0.717) is 13.1 Å². The van der Waals surface area contributed by atoms with Gasteiger partial charge in [-0.3, -0.25) is 20.0 Å². The van der Waals surface area contributed by atoms with Crippen LogP contribution in [-0.2, 0) is 10.0 Å². The summed E-state index contributed by atoms with van der Waals surface area (Å²) in [7, 11) is -3.77. The molecule has 0 saturated carbocycles. The Morgan fingerprint density at radius 3 is 2.70 bits per heavy atom.